The van der Waals surface area contributed by atoms with E-state index in [1.165, 1.54) is 0 Å². The molecule has 0 aromatic heterocycles. The van der Waals surface area contributed by atoms with E-state index in [2.05, 4.69) is 11.4 Å². The van der Waals surface area contributed by atoms with Crippen molar-refractivity contribution in [1.82, 2.24) is 5.32 Å². The molecule has 0 aromatic carbocycles. The lowest BCUT2D eigenvalue weighted by Crippen LogP contribution is -2.21. The molecule has 1 rings (SSSR count). The molecule has 1 aliphatic carbocycles. The van der Waals surface area contributed by atoms with Crippen molar-refractivity contribution < 1.29 is 5.11 Å². The highest BCUT2D eigenvalue weighted by Crippen LogP contribution is 2.10. The van der Waals surface area contributed by atoms with E-state index in [0.717, 1.165) is 19.3 Å². The Morgan fingerprint density at radius 3 is 2.90 bits per heavy atom. The smallest absolute Gasteiger partial charge is 0.0721 e. The maximum absolute atomic E-state index is 9.19. The zero-order chi connectivity index (χ0) is 7.40. The van der Waals surface area contributed by atoms with E-state index in [4.69, 9.17) is 0 Å². The molecule has 1 aliphatic rings. The van der Waals surface area contributed by atoms with Crippen LogP contribution in [0.5, 0.6) is 0 Å². The van der Waals surface area contributed by atoms with E-state index in [0.29, 0.717) is 6.04 Å². The van der Waals surface area contributed by atoms with E-state index in [1.54, 1.807) is 0 Å². The molecule has 2 heteroatoms. The molecular formula is C8H15NO. The first-order valence-corrected chi connectivity index (χ1v) is 3.86. The van der Waals surface area contributed by atoms with E-state index >= 15 is 0 Å². The minimum atomic E-state index is -0.210. The van der Waals surface area contributed by atoms with Crippen molar-refractivity contribution in [2.24, 2.45) is 0 Å². The van der Waals surface area contributed by atoms with Crippen LogP contribution in [0.1, 0.15) is 19.3 Å². The van der Waals surface area contributed by atoms with E-state index in [9.17, 15) is 5.11 Å². The van der Waals surface area contributed by atoms with Crippen molar-refractivity contribution in [3.63, 3.8) is 0 Å². The zero-order valence-corrected chi connectivity index (χ0v) is 6.38. The van der Waals surface area contributed by atoms with Gasteiger partial charge in [-0.2, -0.15) is 0 Å². The van der Waals surface area contributed by atoms with Crippen LogP contribution >= 0.6 is 0 Å². The highest BCUT2D eigenvalue weighted by molar-refractivity contribution is 4.99. The lowest BCUT2D eigenvalue weighted by atomic mass is 10.1. The van der Waals surface area contributed by atoms with Crippen molar-refractivity contribution in [2.45, 2.75) is 31.4 Å². The van der Waals surface area contributed by atoms with Gasteiger partial charge in [-0.15, -0.1) is 0 Å². The van der Waals surface area contributed by atoms with Crippen LogP contribution in [0, 0.1) is 0 Å². The summed E-state index contributed by atoms with van der Waals surface area (Å²) >= 11 is 0. The van der Waals surface area contributed by atoms with Gasteiger partial charge in [0.15, 0.2) is 0 Å². The van der Waals surface area contributed by atoms with Crippen LogP contribution in [0.15, 0.2) is 12.2 Å². The Labute approximate surface area is 61.9 Å². The fraction of sp³-hybridized carbons (Fsp3) is 0.750. The highest BCUT2D eigenvalue weighted by Gasteiger charge is 2.08. The fourth-order valence-electron chi connectivity index (χ4n) is 1.24. The predicted octanol–water partition coefficient (Wildman–Crippen LogP) is 0.675. The van der Waals surface area contributed by atoms with Gasteiger partial charge < -0.3 is 10.4 Å². The quantitative estimate of drug-likeness (QED) is 0.526. The minimum Gasteiger partial charge on any atom is -0.389 e. The Bertz CT molecular complexity index is 122. The summed E-state index contributed by atoms with van der Waals surface area (Å²) in [7, 11) is 1.95. The summed E-state index contributed by atoms with van der Waals surface area (Å²) in [6, 6.07) is 0.470. The number of aliphatic hydroxyl groups is 1. The normalized spacial score (nSPS) is 33.8. The second-order valence-corrected chi connectivity index (χ2v) is 2.78. The van der Waals surface area contributed by atoms with Crippen LogP contribution in [0.25, 0.3) is 0 Å². The van der Waals surface area contributed by atoms with Gasteiger partial charge in [0.05, 0.1) is 6.10 Å². The third kappa shape index (κ3) is 2.12. The van der Waals surface area contributed by atoms with Gasteiger partial charge in [0.25, 0.3) is 0 Å². The highest BCUT2D eigenvalue weighted by atomic mass is 16.3. The summed E-state index contributed by atoms with van der Waals surface area (Å²) < 4.78 is 0. The standard InChI is InChI=1S/C8H15NO/c1-9-7-3-2-4-8(10)6-5-7/h5-10H,2-4H2,1H3. The van der Waals surface area contributed by atoms with Gasteiger partial charge >= 0.3 is 0 Å². The molecule has 0 spiro atoms. The first-order chi connectivity index (χ1) is 4.83. The van der Waals surface area contributed by atoms with Gasteiger partial charge in [-0.3, -0.25) is 0 Å². The summed E-state index contributed by atoms with van der Waals surface area (Å²) in [6.45, 7) is 0. The van der Waals surface area contributed by atoms with Crippen LogP contribution in [-0.4, -0.2) is 24.3 Å². The number of hydrogen-bond donors (Lipinski definition) is 2. The van der Waals surface area contributed by atoms with Crippen LogP contribution in [0.2, 0.25) is 0 Å². The molecule has 0 radical (unpaired) electrons. The molecule has 0 amide bonds. The number of rotatable bonds is 1. The van der Waals surface area contributed by atoms with Crippen molar-refractivity contribution in [2.75, 3.05) is 7.05 Å². The summed E-state index contributed by atoms with van der Waals surface area (Å²) in [6.07, 6.45) is 6.89. The average Bonchev–Trinajstić information content (AvgIpc) is 2.14. The molecule has 0 saturated carbocycles. The third-order valence-electron chi connectivity index (χ3n) is 1.95. The molecule has 0 aliphatic heterocycles. The molecule has 0 fully saturated rings. The van der Waals surface area contributed by atoms with Gasteiger partial charge in [-0.25, -0.2) is 0 Å². The molecule has 0 aromatic rings. The molecule has 2 nitrogen and oxygen atoms in total. The van der Waals surface area contributed by atoms with Crippen molar-refractivity contribution in [3.05, 3.63) is 12.2 Å². The first kappa shape index (κ1) is 7.76. The van der Waals surface area contributed by atoms with Crippen molar-refractivity contribution >= 4 is 0 Å². The maximum atomic E-state index is 9.19. The molecule has 0 saturated heterocycles. The van der Waals surface area contributed by atoms with Crippen LogP contribution < -0.4 is 5.32 Å². The lowest BCUT2D eigenvalue weighted by Gasteiger charge is -2.07. The number of likely N-dealkylation sites (N-methyl/N-ethyl adjacent to an activating group) is 1. The van der Waals surface area contributed by atoms with E-state index in [1.807, 2.05) is 13.1 Å². The molecule has 2 atom stereocenters. The molecule has 0 bridgehead atoms. The largest absolute Gasteiger partial charge is 0.389 e. The number of aliphatic hydroxyl groups excluding tert-OH is 1. The second kappa shape index (κ2) is 3.74. The van der Waals surface area contributed by atoms with E-state index < -0.39 is 0 Å². The second-order valence-electron chi connectivity index (χ2n) is 2.78. The molecule has 0 heterocycles. The third-order valence-corrected chi connectivity index (χ3v) is 1.95. The average molecular weight is 141 g/mol. The van der Waals surface area contributed by atoms with Gasteiger partial charge in [-0.05, 0) is 26.3 Å². The SMILES string of the molecule is CNC1C=CC(O)CCC1. The summed E-state index contributed by atoms with van der Waals surface area (Å²) in [5.41, 5.74) is 0. The van der Waals surface area contributed by atoms with E-state index in [-0.39, 0.29) is 6.10 Å². The molecular weight excluding hydrogens is 126 g/mol. The van der Waals surface area contributed by atoms with Crippen LogP contribution in [0.3, 0.4) is 0 Å². The van der Waals surface area contributed by atoms with Gasteiger partial charge in [0, 0.05) is 6.04 Å². The van der Waals surface area contributed by atoms with Crippen LogP contribution in [-0.2, 0) is 0 Å². The van der Waals surface area contributed by atoms with Crippen molar-refractivity contribution in [1.29, 1.82) is 0 Å². The molecule has 10 heavy (non-hydrogen) atoms. The summed E-state index contributed by atoms with van der Waals surface area (Å²) in [5, 5.41) is 12.4. The molecule has 58 valence electrons. The summed E-state index contributed by atoms with van der Waals surface area (Å²) in [4.78, 5) is 0. The molecule has 2 N–H and O–H groups in total. The fourth-order valence-corrected chi connectivity index (χ4v) is 1.24. The Hall–Kier alpha value is -0.340. The van der Waals surface area contributed by atoms with Crippen molar-refractivity contribution in [3.8, 4) is 0 Å². The van der Waals surface area contributed by atoms with Gasteiger partial charge in [-0.1, -0.05) is 12.2 Å². The predicted molar refractivity (Wildman–Crippen MR) is 41.8 cm³/mol. The number of hydrogen-bond acceptors (Lipinski definition) is 2. The van der Waals surface area contributed by atoms with Gasteiger partial charge in [0.1, 0.15) is 0 Å². The van der Waals surface area contributed by atoms with Crippen LogP contribution in [0.4, 0.5) is 0 Å². The minimum absolute atomic E-state index is 0.210. The Balaban J connectivity index is 2.42. The summed E-state index contributed by atoms with van der Waals surface area (Å²) in [5.74, 6) is 0. The Morgan fingerprint density at radius 1 is 1.40 bits per heavy atom. The zero-order valence-electron chi connectivity index (χ0n) is 6.38. The maximum Gasteiger partial charge on any atom is 0.0721 e. The Kier molecular flexibility index (Phi) is 2.90. The first-order valence-electron chi connectivity index (χ1n) is 3.86. The van der Waals surface area contributed by atoms with Gasteiger partial charge in [0.2, 0.25) is 0 Å². The lowest BCUT2D eigenvalue weighted by molar-refractivity contribution is 0.211. The monoisotopic (exact) mass is 141 g/mol. The Morgan fingerprint density at radius 2 is 2.20 bits per heavy atom. The topological polar surface area (TPSA) is 32.3 Å². The number of nitrogens with one attached hydrogen (secondary N) is 1. The molecule has 2 unspecified atom stereocenters.